The number of nitrogens with two attached hydrogens (primary N) is 1. The van der Waals surface area contributed by atoms with Crippen molar-refractivity contribution in [2.45, 2.75) is 31.7 Å². The Morgan fingerprint density at radius 3 is 2.63 bits per heavy atom. The Hall–Kier alpha value is -0.320. The predicted molar refractivity (Wildman–Crippen MR) is 79.4 cm³/mol. The van der Waals surface area contributed by atoms with Crippen molar-refractivity contribution in [3.05, 3.63) is 33.8 Å². The third-order valence-electron chi connectivity index (χ3n) is 3.66. The van der Waals surface area contributed by atoms with Crippen molar-refractivity contribution in [2.75, 3.05) is 13.2 Å². The van der Waals surface area contributed by atoms with E-state index in [9.17, 15) is 0 Å². The minimum atomic E-state index is 0.264. The molecule has 3 nitrogen and oxygen atoms in total. The Balaban J connectivity index is 1.92. The van der Waals surface area contributed by atoms with Gasteiger partial charge in [0, 0.05) is 19.3 Å². The van der Waals surface area contributed by atoms with Gasteiger partial charge in [0.25, 0.3) is 0 Å². The molecule has 0 aromatic heterocycles. The van der Waals surface area contributed by atoms with Gasteiger partial charge in [-0.05, 0) is 49.3 Å². The molecule has 0 spiro atoms. The van der Waals surface area contributed by atoms with Gasteiger partial charge in [-0.25, -0.2) is 0 Å². The zero-order valence-electron chi connectivity index (χ0n) is 10.9. The van der Waals surface area contributed by atoms with E-state index in [2.05, 4.69) is 5.43 Å². The summed E-state index contributed by atoms with van der Waals surface area (Å²) in [6.07, 6.45) is 4.18. The van der Waals surface area contributed by atoms with E-state index in [1.807, 2.05) is 18.2 Å². The van der Waals surface area contributed by atoms with E-state index in [0.29, 0.717) is 16.0 Å². The number of nitrogens with one attached hydrogen (secondary N) is 1. The van der Waals surface area contributed by atoms with Crippen LogP contribution in [0.15, 0.2) is 18.2 Å². The summed E-state index contributed by atoms with van der Waals surface area (Å²) in [5, 5.41) is 1.19. The number of benzene rings is 1. The quantitative estimate of drug-likeness (QED) is 0.649. The Bertz CT molecular complexity index is 408. The normalized spacial score (nSPS) is 18.5. The molecule has 1 unspecified atom stereocenters. The number of ether oxygens (including phenoxy) is 1. The lowest BCUT2D eigenvalue weighted by Gasteiger charge is -2.26. The van der Waals surface area contributed by atoms with Gasteiger partial charge in [0.05, 0.1) is 10.0 Å². The highest BCUT2D eigenvalue weighted by Gasteiger charge is 2.19. The maximum atomic E-state index is 6.03. The summed E-state index contributed by atoms with van der Waals surface area (Å²) in [6.45, 7) is 1.74. The molecule has 0 aliphatic carbocycles. The first-order chi connectivity index (χ1) is 9.19. The van der Waals surface area contributed by atoms with E-state index in [0.717, 1.165) is 44.5 Å². The summed E-state index contributed by atoms with van der Waals surface area (Å²) in [6, 6.07) is 6.02. The van der Waals surface area contributed by atoms with E-state index >= 15 is 0 Å². The number of hydrazine groups is 1. The Morgan fingerprint density at radius 1 is 1.26 bits per heavy atom. The van der Waals surface area contributed by atoms with Gasteiger partial charge in [-0.15, -0.1) is 0 Å². The monoisotopic (exact) mass is 302 g/mol. The van der Waals surface area contributed by atoms with E-state index in [-0.39, 0.29) is 6.04 Å². The fourth-order valence-corrected chi connectivity index (χ4v) is 2.87. The van der Waals surface area contributed by atoms with Crippen LogP contribution in [0.3, 0.4) is 0 Å². The topological polar surface area (TPSA) is 47.3 Å². The summed E-state index contributed by atoms with van der Waals surface area (Å²) < 4.78 is 5.38. The van der Waals surface area contributed by atoms with Crippen LogP contribution in [0.5, 0.6) is 0 Å². The minimum absolute atomic E-state index is 0.264. The number of halogens is 2. The molecule has 0 saturated carbocycles. The average Bonchev–Trinajstić information content (AvgIpc) is 2.43. The van der Waals surface area contributed by atoms with Crippen molar-refractivity contribution in [3.63, 3.8) is 0 Å². The molecule has 0 amide bonds. The standard InChI is InChI=1S/C14H20Cl2N2O/c15-13-2-1-11(9-14(13)16)8-12(18-17)7-10-3-5-19-6-4-10/h1-2,9-10,12,18H,3-8,17H2. The molecular weight excluding hydrogens is 283 g/mol. The number of hydrogen-bond acceptors (Lipinski definition) is 3. The van der Waals surface area contributed by atoms with Crippen molar-refractivity contribution in [1.29, 1.82) is 0 Å². The molecular formula is C14H20Cl2N2O. The maximum absolute atomic E-state index is 6.03. The van der Waals surface area contributed by atoms with E-state index in [1.165, 1.54) is 0 Å². The number of rotatable bonds is 5. The largest absolute Gasteiger partial charge is 0.381 e. The van der Waals surface area contributed by atoms with Crippen LogP contribution < -0.4 is 11.3 Å². The summed E-state index contributed by atoms with van der Waals surface area (Å²) in [4.78, 5) is 0. The van der Waals surface area contributed by atoms with Crippen LogP contribution in [-0.2, 0) is 11.2 Å². The van der Waals surface area contributed by atoms with Crippen molar-refractivity contribution in [3.8, 4) is 0 Å². The predicted octanol–water partition coefficient (Wildman–Crippen LogP) is 3.18. The fraction of sp³-hybridized carbons (Fsp3) is 0.571. The Morgan fingerprint density at radius 2 is 2.00 bits per heavy atom. The average molecular weight is 303 g/mol. The molecule has 1 saturated heterocycles. The highest BCUT2D eigenvalue weighted by Crippen LogP contribution is 2.25. The molecule has 5 heteroatoms. The molecule has 3 N–H and O–H groups in total. The zero-order chi connectivity index (χ0) is 13.7. The van der Waals surface area contributed by atoms with Gasteiger partial charge < -0.3 is 4.74 Å². The Kier molecular flexibility index (Phi) is 5.92. The van der Waals surface area contributed by atoms with Crippen LogP contribution >= 0.6 is 23.2 Å². The van der Waals surface area contributed by atoms with E-state index in [1.54, 1.807) is 0 Å². The lowest BCUT2D eigenvalue weighted by atomic mass is 9.90. The second-order valence-corrected chi connectivity index (χ2v) is 5.92. The molecule has 106 valence electrons. The highest BCUT2D eigenvalue weighted by atomic mass is 35.5. The van der Waals surface area contributed by atoms with Gasteiger partial charge in [0.1, 0.15) is 0 Å². The molecule has 1 fully saturated rings. The highest BCUT2D eigenvalue weighted by molar-refractivity contribution is 6.42. The summed E-state index contributed by atoms with van der Waals surface area (Å²) in [7, 11) is 0. The van der Waals surface area contributed by atoms with Crippen molar-refractivity contribution >= 4 is 23.2 Å². The van der Waals surface area contributed by atoms with Gasteiger partial charge in [0.15, 0.2) is 0 Å². The first kappa shape index (κ1) is 15.1. The molecule has 1 aromatic carbocycles. The van der Waals surface area contributed by atoms with E-state index in [4.69, 9.17) is 33.8 Å². The molecule has 1 aliphatic rings. The third kappa shape index (κ3) is 4.62. The maximum Gasteiger partial charge on any atom is 0.0595 e. The first-order valence-electron chi connectivity index (χ1n) is 6.67. The van der Waals surface area contributed by atoms with Gasteiger partial charge in [0.2, 0.25) is 0 Å². The second-order valence-electron chi connectivity index (χ2n) is 5.11. The first-order valence-corrected chi connectivity index (χ1v) is 7.42. The molecule has 0 radical (unpaired) electrons. The third-order valence-corrected chi connectivity index (χ3v) is 4.40. The van der Waals surface area contributed by atoms with Gasteiger partial charge in [-0.2, -0.15) is 0 Å². The van der Waals surface area contributed by atoms with Gasteiger partial charge in [-0.1, -0.05) is 29.3 Å². The molecule has 1 aliphatic heterocycles. The van der Waals surface area contributed by atoms with E-state index < -0.39 is 0 Å². The van der Waals surface area contributed by atoms with Crippen LogP contribution in [0.25, 0.3) is 0 Å². The molecule has 1 atom stereocenters. The molecule has 19 heavy (non-hydrogen) atoms. The summed E-state index contributed by atoms with van der Waals surface area (Å²) in [5.74, 6) is 6.36. The summed E-state index contributed by atoms with van der Waals surface area (Å²) >= 11 is 12.0. The molecule has 0 bridgehead atoms. The molecule has 1 heterocycles. The minimum Gasteiger partial charge on any atom is -0.381 e. The molecule has 2 rings (SSSR count). The van der Waals surface area contributed by atoms with Crippen LogP contribution in [0.2, 0.25) is 10.0 Å². The van der Waals surface area contributed by atoms with Crippen LogP contribution in [0.4, 0.5) is 0 Å². The smallest absolute Gasteiger partial charge is 0.0595 e. The Labute approximate surface area is 124 Å². The van der Waals surface area contributed by atoms with Crippen molar-refractivity contribution < 1.29 is 4.74 Å². The van der Waals surface area contributed by atoms with Crippen molar-refractivity contribution in [1.82, 2.24) is 5.43 Å². The lowest BCUT2D eigenvalue weighted by molar-refractivity contribution is 0.0605. The van der Waals surface area contributed by atoms with Crippen LogP contribution in [-0.4, -0.2) is 19.3 Å². The number of hydrogen-bond donors (Lipinski definition) is 2. The second kappa shape index (κ2) is 7.46. The lowest BCUT2D eigenvalue weighted by Crippen LogP contribution is -2.39. The zero-order valence-corrected chi connectivity index (χ0v) is 12.4. The van der Waals surface area contributed by atoms with Crippen LogP contribution in [0.1, 0.15) is 24.8 Å². The molecule has 1 aromatic rings. The van der Waals surface area contributed by atoms with Gasteiger partial charge >= 0.3 is 0 Å². The SMILES string of the molecule is NNC(Cc1ccc(Cl)c(Cl)c1)CC1CCOCC1. The van der Waals surface area contributed by atoms with Crippen molar-refractivity contribution in [2.24, 2.45) is 11.8 Å². The van der Waals surface area contributed by atoms with Gasteiger partial charge in [-0.3, -0.25) is 11.3 Å². The summed E-state index contributed by atoms with van der Waals surface area (Å²) in [5.41, 5.74) is 4.07. The van der Waals surface area contributed by atoms with Crippen LogP contribution in [0, 0.1) is 5.92 Å². The fourth-order valence-electron chi connectivity index (χ4n) is 2.55.